The Balaban J connectivity index is 2.10. The Bertz CT molecular complexity index is 797. The number of aromatic amines is 1. The number of carbonyl (C=O) groups is 2. The van der Waals surface area contributed by atoms with Gasteiger partial charge in [-0.05, 0) is 38.5 Å². The summed E-state index contributed by atoms with van der Waals surface area (Å²) >= 11 is 11.9. The van der Waals surface area contributed by atoms with Gasteiger partial charge in [0.15, 0.2) is 5.78 Å². The van der Waals surface area contributed by atoms with Gasteiger partial charge in [0.05, 0.1) is 22.8 Å². The summed E-state index contributed by atoms with van der Waals surface area (Å²) in [6, 6.07) is 5.47. The molecule has 1 aromatic carbocycles. The summed E-state index contributed by atoms with van der Waals surface area (Å²) in [6.45, 7) is 6.10. The number of H-pyrrole nitrogens is 1. The van der Waals surface area contributed by atoms with Crippen LogP contribution >= 0.6 is 23.2 Å². The molecule has 24 heavy (non-hydrogen) atoms. The quantitative estimate of drug-likeness (QED) is 0.771. The first-order chi connectivity index (χ1) is 11.2. The van der Waals surface area contributed by atoms with Gasteiger partial charge < -0.3 is 9.88 Å². The monoisotopic (exact) mass is 367 g/mol. The molecular formula is C18H21Cl2N2O2+. The van der Waals surface area contributed by atoms with E-state index in [1.807, 2.05) is 33.0 Å². The first-order valence-corrected chi connectivity index (χ1v) is 8.44. The van der Waals surface area contributed by atoms with Gasteiger partial charge >= 0.3 is 0 Å². The van der Waals surface area contributed by atoms with E-state index in [4.69, 9.17) is 23.2 Å². The Labute approximate surface area is 151 Å². The van der Waals surface area contributed by atoms with Crippen LogP contribution in [0.25, 0.3) is 0 Å². The van der Waals surface area contributed by atoms with Crippen molar-refractivity contribution in [3.05, 3.63) is 56.3 Å². The molecule has 0 fully saturated rings. The number of aryl methyl sites for hydroxylation is 1. The van der Waals surface area contributed by atoms with Crippen molar-refractivity contribution in [2.45, 2.75) is 27.3 Å². The number of hydrogen-bond donors (Lipinski definition) is 2. The van der Waals surface area contributed by atoms with E-state index in [0.717, 1.165) is 21.7 Å². The third-order valence-electron chi connectivity index (χ3n) is 4.02. The highest BCUT2D eigenvalue weighted by Crippen LogP contribution is 2.22. The van der Waals surface area contributed by atoms with Gasteiger partial charge in [-0.2, -0.15) is 0 Å². The lowest BCUT2D eigenvalue weighted by molar-refractivity contribution is -0.884. The zero-order chi connectivity index (χ0) is 18.0. The Morgan fingerprint density at radius 3 is 2.38 bits per heavy atom. The third kappa shape index (κ3) is 4.07. The first kappa shape index (κ1) is 18.7. The van der Waals surface area contributed by atoms with E-state index in [2.05, 4.69) is 4.98 Å². The SMILES string of the molecule is CC(=O)c1c(C)[nH]c(C(=O)C[NH+](C)Cc2ccc(Cl)c(Cl)c2)c1C. The van der Waals surface area contributed by atoms with Crippen LogP contribution in [0, 0.1) is 13.8 Å². The van der Waals surface area contributed by atoms with Gasteiger partial charge in [0.25, 0.3) is 0 Å². The molecule has 0 saturated carbocycles. The number of halogens is 2. The van der Waals surface area contributed by atoms with Gasteiger partial charge in [0, 0.05) is 16.8 Å². The van der Waals surface area contributed by atoms with Gasteiger partial charge in [-0.15, -0.1) is 0 Å². The first-order valence-electron chi connectivity index (χ1n) is 7.69. The lowest BCUT2D eigenvalue weighted by atomic mass is 10.1. The van der Waals surface area contributed by atoms with E-state index in [1.54, 1.807) is 6.07 Å². The van der Waals surface area contributed by atoms with Crippen LogP contribution < -0.4 is 4.90 Å². The highest BCUT2D eigenvalue weighted by Gasteiger charge is 2.22. The van der Waals surface area contributed by atoms with Crippen molar-refractivity contribution in [3.63, 3.8) is 0 Å². The molecule has 0 radical (unpaired) electrons. The maximum absolute atomic E-state index is 12.6. The van der Waals surface area contributed by atoms with Gasteiger partial charge in [-0.25, -0.2) is 0 Å². The van der Waals surface area contributed by atoms with E-state index >= 15 is 0 Å². The van der Waals surface area contributed by atoms with Gasteiger partial charge in [0.2, 0.25) is 5.78 Å². The van der Waals surface area contributed by atoms with Crippen LogP contribution in [0.5, 0.6) is 0 Å². The lowest BCUT2D eigenvalue weighted by Gasteiger charge is -2.13. The topological polar surface area (TPSA) is 54.4 Å². The number of rotatable bonds is 6. The van der Waals surface area contributed by atoms with Crippen molar-refractivity contribution >= 4 is 34.8 Å². The summed E-state index contributed by atoms with van der Waals surface area (Å²) in [6.07, 6.45) is 0. The maximum Gasteiger partial charge on any atom is 0.233 e. The maximum atomic E-state index is 12.6. The predicted molar refractivity (Wildman–Crippen MR) is 96.5 cm³/mol. The largest absolute Gasteiger partial charge is 0.355 e. The minimum Gasteiger partial charge on any atom is -0.355 e. The zero-order valence-electron chi connectivity index (χ0n) is 14.2. The fourth-order valence-corrected chi connectivity index (χ4v) is 3.30. The number of carbonyl (C=O) groups excluding carboxylic acids is 2. The van der Waals surface area contributed by atoms with Crippen molar-refractivity contribution in [1.29, 1.82) is 0 Å². The number of aromatic nitrogens is 1. The second-order valence-corrected chi connectivity index (χ2v) is 6.98. The van der Waals surface area contributed by atoms with E-state index in [9.17, 15) is 9.59 Å². The summed E-state index contributed by atoms with van der Waals surface area (Å²) in [5, 5.41) is 1.03. The van der Waals surface area contributed by atoms with E-state index in [-0.39, 0.29) is 11.6 Å². The molecule has 0 aliphatic carbocycles. The number of likely N-dealkylation sites (N-methyl/N-ethyl adjacent to an activating group) is 1. The second kappa shape index (κ2) is 7.51. The molecule has 6 heteroatoms. The average Bonchev–Trinajstić information content (AvgIpc) is 2.78. The van der Waals surface area contributed by atoms with Crippen LogP contribution in [0.2, 0.25) is 10.0 Å². The number of quaternary nitrogens is 1. The van der Waals surface area contributed by atoms with E-state index in [0.29, 0.717) is 34.4 Å². The number of Topliss-reactive ketones (excluding diaryl/α,β-unsaturated/α-hetero) is 2. The Morgan fingerprint density at radius 2 is 1.83 bits per heavy atom. The van der Waals surface area contributed by atoms with Crippen molar-refractivity contribution in [1.82, 2.24) is 4.98 Å². The van der Waals surface area contributed by atoms with E-state index < -0.39 is 0 Å². The molecule has 2 N–H and O–H groups in total. The van der Waals surface area contributed by atoms with Crippen molar-refractivity contribution in [3.8, 4) is 0 Å². The fraction of sp³-hybridized carbons (Fsp3) is 0.333. The second-order valence-electron chi connectivity index (χ2n) is 6.16. The molecule has 1 aromatic heterocycles. The smallest absolute Gasteiger partial charge is 0.233 e. The molecule has 0 aliphatic heterocycles. The van der Waals surface area contributed by atoms with Crippen molar-refractivity contribution < 1.29 is 14.5 Å². The Hall–Kier alpha value is -1.62. The molecule has 128 valence electrons. The number of ketones is 2. The Morgan fingerprint density at radius 1 is 1.17 bits per heavy atom. The highest BCUT2D eigenvalue weighted by atomic mass is 35.5. The molecule has 0 aliphatic rings. The van der Waals surface area contributed by atoms with E-state index in [1.165, 1.54) is 6.92 Å². The molecule has 0 spiro atoms. The lowest BCUT2D eigenvalue weighted by Crippen LogP contribution is -3.08. The summed E-state index contributed by atoms with van der Waals surface area (Å²) < 4.78 is 0. The van der Waals surface area contributed by atoms with Crippen LogP contribution in [0.1, 0.15) is 44.6 Å². The number of hydrogen-bond acceptors (Lipinski definition) is 2. The molecule has 2 rings (SSSR count). The molecule has 0 bridgehead atoms. The van der Waals surface area contributed by atoms with Crippen molar-refractivity contribution in [2.75, 3.05) is 13.6 Å². The summed E-state index contributed by atoms with van der Waals surface area (Å²) in [5.74, 6) is -0.0440. The minimum atomic E-state index is -0.0307. The normalized spacial score (nSPS) is 12.2. The standard InChI is InChI=1S/C18H20Cl2N2O2/c1-10-17(12(3)23)11(2)21-18(10)16(24)9-22(4)8-13-5-6-14(19)15(20)7-13/h5-7,21H,8-9H2,1-4H3/p+1. The van der Waals surface area contributed by atoms with Crippen LogP contribution in [-0.2, 0) is 6.54 Å². The molecule has 1 heterocycles. The predicted octanol–water partition coefficient (Wildman–Crippen LogP) is 3.04. The van der Waals surface area contributed by atoms with Gasteiger partial charge in [0.1, 0.15) is 13.1 Å². The number of benzene rings is 1. The van der Waals surface area contributed by atoms with Crippen LogP contribution in [0.4, 0.5) is 0 Å². The molecule has 2 aromatic rings. The number of nitrogens with one attached hydrogen (secondary N) is 2. The molecule has 1 unspecified atom stereocenters. The Kier molecular flexibility index (Phi) is 5.86. The third-order valence-corrected chi connectivity index (χ3v) is 4.76. The molecule has 0 amide bonds. The summed E-state index contributed by atoms with van der Waals surface area (Å²) in [4.78, 5) is 28.3. The van der Waals surface area contributed by atoms with Gasteiger partial charge in [-0.1, -0.05) is 29.3 Å². The average molecular weight is 368 g/mol. The molecule has 1 atom stereocenters. The van der Waals surface area contributed by atoms with Crippen LogP contribution in [0.15, 0.2) is 18.2 Å². The van der Waals surface area contributed by atoms with Crippen molar-refractivity contribution in [2.24, 2.45) is 0 Å². The van der Waals surface area contributed by atoms with Crippen LogP contribution in [0.3, 0.4) is 0 Å². The summed E-state index contributed by atoms with van der Waals surface area (Å²) in [5.41, 5.74) is 3.61. The molecular weight excluding hydrogens is 347 g/mol. The van der Waals surface area contributed by atoms with Gasteiger partial charge in [-0.3, -0.25) is 9.59 Å². The highest BCUT2D eigenvalue weighted by molar-refractivity contribution is 6.42. The minimum absolute atomic E-state index is 0.0133. The molecule has 0 saturated heterocycles. The molecule has 4 nitrogen and oxygen atoms in total. The fourth-order valence-electron chi connectivity index (χ4n) is 2.98. The zero-order valence-corrected chi connectivity index (χ0v) is 15.7. The van der Waals surface area contributed by atoms with Crippen LogP contribution in [-0.4, -0.2) is 30.1 Å². The summed E-state index contributed by atoms with van der Waals surface area (Å²) in [7, 11) is 1.94.